The number of alkyl halides is 3. The van der Waals surface area contributed by atoms with Crippen molar-refractivity contribution in [1.82, 2.24) is 0 Å². The van der Waals surface area contributed by atoms with Gasteiger partial charge in [-0.3, -0.25) is 4.79 Å². The Morgan fingerprint density at radius 3 is 2.08 bits per heavy atom. The Morgan fingerprint density at radius 1 is 1.42 bits per heavy atom. The Labute approximate surface area is 65.6 Å². The molecule has 0 atom stereocenters. The van der Waals surface area contributed by atoms with Gasteiger partial charge in [0, 0.05) is 0 Å². The Bertz CT molecular complexity index is 174. The van der Waals surface area contributed by atoms with Crippen LogP contribution in [-0.2, 0) is 9.53 Å². The Morgan fingerprint density at radius 2 is 1.83 bits per heavy atom. The van der Waals surface area contributed by atoms with Gasteiger partial charge in [0.1, 0.15) is 6.42 Å². The number of hydrogen-bond acceptors (Lipinski definition) is 4. The molecule has 0 rings (SSSR count). The Balaban J connectivity index is 4.33. The second-order valence-corrected chi connectivity index (χ2v) is 2.07. The molecule has 2 N–H and O–H groups in total. The minimum absolute atomic E-state index is 0.842. The summed E-state index contributed by atoms with van der Waals surface area (Å²) in [7, 11) is 0.842. The molecular weight excluding hydrogens is 181 g/mol. The zero-order valence-corrected chi connectivity index (χ0v) is 6.05. The van der Waals surface area contributed by atoms with Crippen LogP contribution in [0.25, 0.3) is 0 Å². The van der Waals surface area contributed by atoms with Crippen molar-refractivity contribution < 1.29 is 32.9 Å². The fraction of sp³-hybridized carbons (Fsp3) is 0.800. The van der Waals surface area contributed by atoms with E-state index in [1.54, 1.807) is 0 Å². The zero-order valence-electron chi connectivity index (χ0n) is 6.05. The topological polar surface area (TPSA) is 66.8 Å². The zero-order chi connectivity index (χ0) is 9.99. The van der Waals surface area contributed by atoms with Crippen molar-refractivity contribution in [3.8, 4) is 0 Å². The van der Waals surface area contributed by atoms with Gasteiger partial charge >= 0.3 is 12.1 Å². The number of aliphatic hydroxyl groups is 2. The summed E-state index contributed by atoms with van der Waals surface area (Å²) < 4.78 is 38.7. The highest BCUT2D eigenvalue weighted by molar-refractivity contribution is 5.70. The van der Waals surface area contributed by atoms with E-state index in [0.717, 1.165) is 7.11 Å². The van der Waals surface area contributed by atoms with Crippen molar-refractivity contribution >= 4 is 5.97 Å². The molecule has 0 bridgehead atoms. The number of halogens is 3. The van der Waals surface area contributed by atoms with Gasteiger partial charge in [-0.2, -0.15) is 13.2 Å². The molecule has 0 aromatic heterocycles. The van der Waals surface area contributed by atoms with Gasteiger partial charge in [0.2, 0.25) is 0 Å². The lowest BCUT2D eigenvalue weighted by Crippen LogP contribution is -2.46. The fourth-order valence-corrected chi connectivity index (χ4v) is 0.374. The van der Waals surface area contributed by atoms with Crippen LogP contribution in [0.2, 0.25) is 0 Å². The summed E-state index contributed by atoms with van der Waals surface area (Å²) in [5.74, 6) is -5.36. The quantitative estimate of drug-likeness (QED) is 0.465. The van der Waals surface area contributed by atoms with E-state index in [-0.39, 0.29) is 0 Å². The van der Waals surface area contributed by atoms with Crippen molar-refractivity contribution in [2.45, 2.75) is 18.4 Å². The van der Waals surface area contributed by atoms with Gasteiger partial charge in [-0.05, 0) is 0 Å². The maximum absolute atomic E-state index is 11.6. The summed E-state index contributed by atoms with van der Waals surface area (Å²) in [5, 5.41) is 16.6. The van der Waals surface area contributed by atoms with E-state index in [9.17, 15) is 18.0 Å². The summed E-state index contributed by atoms with van der Waals surface area (Å²) in [4.78, 5) is 10.2. The first-order valence-corrected chi connectivity index (χ1v) is 2.79. The van der Waals surface area contributed by atoms with Gasteiger partial charge in [-0.15, -0.1) is 0 Å². The summed E-state index contributed by atoms with van der Waals surface area (Å²) in [6.07, 6.45) is -6.80. The number of rotatable bonds is 2. The van der Waals surface area contributed by atoms with Gasteiger partial charge in [0.25, 0.3) is 5.79 Å². The van der Waals surface area contributed by atoms with E-state index in [1.165, 1.54) is 0 Å². The van der Waals surface area contributed by atoms with Crippen LogP contribution < -0.4 is 0 Å². The first-order chi connectivity index (χ1) is 5.20. The lowest BCUT2D eigenvalue weighted by Gasteiger charge is -2.22. The van der Waals surface area contributed by atoms with Crippen molar-refractivity contribution in [2.75, 3.05) is 7.11 Å². The molecule has 0 unspecified atom stereocenters. The number of carbonyl (C=O) groups excluding carboxylic acids is 1. The number of hydrogen-bond donors (Lipinski definition) is 2. The van der Waals surface area contributed by atoms with Gasteiger partial charge < -0.3 is 14.9 Å². The lowest BCUT2D eigenvalue weighted by molar-refractivity contribution is -0.348. The normalized spacial score (nSPS) is 12.8. The van der Waals surface area contributed by atoms with Gasteiger partial charge in [0.15, 0.2) is 0 Å². The third-order valence-electron chi connectivity index (χ3n) is 1.07. The highest BCUT2D eigenvalue weighted by Crippen LogP contribution is 2.30. The second-order valence-electron chi connectivity index (χ2n) is 2.07. The van der Waals surface area contributed by atoms with Crippen molar-refractivity contribution in [3.05, 3.63) is 0 Å². The summed E-state index contributed by atoms with van der Waals surface area (Å²) in [6.45, 7) is 0. The van der Waals surface area contributed by atoms with E-state index in [4.69, 9.17) is 10.2 Å². The van der Waals surface area contributed by atoms with Crippen LogP contribution in [0.4, 0.5) is 13.2 Å². The average molecular weight is 188 g/mol. The largest absolute Gasteiger partial charge is 0.469 e. The molecule has 4 nitrogen and oxygen atoms in total. The van der Waals surface area contributed by atoms with Crippen LogP contribution >= 0.6 is 0 Å². The molecule has 0 aliphatic heterocycles. The van der Waals surface area contributed by atoms with Crippen LogP contribution in [-0.4, -0.2) is 35.3 Å². The van der Waals surface area contributed by atoms with E-state index in [1.807, 2.05) is 0 Å². The maximum atomic E-state index is 11.6. The van der Waals surface area contributed by atoms with E-state index in [2.05, 4.69) is 4.74 Å². The van der Waals surface area contributed by atoms with Gasteiger partial charge in [-0.1, -0.05) is 0 Å². The maximum Gasteiger partial charge on any atom is 0.443 e. The molecular formula is C5H7F3O4. The van der Waals surface area contributed by atoms with Crippen LogP contribution in [0.15, 0.2) is 0 Å². The number of esters is 1. The predicted octanol–water partition coefficient (Wildman–Crippen LogP) is -0.207. The summed E-state index contributed by atoms with van der Waals surface area (Å²) >= 11 is 0. The van der Waals surface area contributed by atoms with Crippen LogP contribution in [0, 0.1) is 0 Å². The molecule has 0 aliphatic carbocycles. The summed E-state index contributed by atoms with van der Waals surface area (Å²) in [6, 6.07) is 0. The predicted molar refractivity (Wildman–Crippen MR) is 29.9 cm³/mol. The highest BCUT2D eigenvalue weighted by atomic mass is 19.4. The van der Waals surface area contributed by atoms with E-state index >= 15 is 0 Å². The molecule has 0 fully saturated rings. The van der Waals surface area contributed by atoms with Crippen LogP contribution in [0.5, 0.6) is 0 Å². The van der Waals surface area contributed by atoms with Crippen molar-refractivity contribution in [2.24, 2.45) is 0 Å². The van der Waals surface area contributed by atoms with Crippen LogP contribution in [0.1, 0.15) is 6.42 Å². The standard InChI is InChI=1S/C5H7F3O4/c1-12-3(9)2-4(10,11)5(6,7)8/h10-11H,2H2,1H3. The Kier molecular flexibility index (Phi) is 3.05. The SMILES string of the molecule is COC(=O)CC(O)(O)C(F)(F)F. The number of ether oxygens (including phenoxy) is 1. The van der Waals surface area contributed by atoms with E-state index < -0.39 is 24.4 Å². The molecule has 12 heavy (non-hydrogen) atoms. The minimum Gasteiger partial charge on any atom is -0.469 e. The van der Waals surface area contributed by atoms with Crippen molar-refractivity contribution in [3.63, 3.8) is 0 Å². The molecule has 0 saturated carbocycles. The second kappa shape index (κ2) is 3.28. The van der Waals surface area contributed by atoms with Crippen molar-refractivity contribution in [1.29, 1.82) is 0 Å². The highest BCUT2D eigenvalue weighted by Gasteiger charge is 2.54. The molecule has 0 aromatic rings. The molecule has 0 amide bonds. The molecule has 0 aliphatic rings. The lowest BCUT2D eigenvalue weighted by atomic mass is 10.2. The first-order valence-electron chi connectivity index (χ1n) is 2.79. The fourth-order valence-electron chi connectivity index (χ4n) is 0.374. The monoisotopic (exact) mass is 188 g/mol. The number of methoxy groups -OCH3 is 1. The average Bonchev–Trinajstić information content (AvgIpc) is 1.84. The number of carbonyl (C=O) groups is 1. The minimum atomic E-state index is -5.26. The summed E-state index contributed by atoms with van der Waals surface area (Å²) in [5.41, 5.74) is 0. The molecule has 0 radical (unpaired) electrons. The molecule has 0 spiro atoms. The molecule has 0 heterocycles. The van der Waals surface area contributed by atoms with Gasteiger partial charge in [0.05, 0.1) is 7.11 Å². The van der Waals surface area contributed by atoms with Crippen LogP contribution in [0.3, 0.4) is 0 Å². The third-order valence-corrected chi connectivity index (χ3v) is 1.07. The molecule has 0 saturated heterocycles. The van der Waals surface area contributed by atoms with Gasteiger partial charge in [-0.25, -0.2) is 0 Å². The third kappa shape index (κ3) is 2.67. The molecule has 72 valence electrons. The Hall–Kier alpha value is -0.820. The smallest absolute Gasteiger partial charge is 0.443 e. The molecule has 7 heteroatoms. The van der Waals surface area contributed by atoms with E-state index in [0.29, 0.717) is 0 Å². The first kappa shape index (κ1) is 11.2. The molecule has 0 aromatic carbocycles.